The van der Waals surface area contributed by atoms with Gasteiger partial charge in [-0.25, -0.2) is 4.98 Å². The molecule has 0 spiro atoms. The van der Waals surface area contributed by atoms with Gasteiger partial charge in [-0.15, -0.1) is 11.3 Å². The van der Waals surface area contributed by atoms with Crippen LogP contribution in [0.4, 0.5) is 24.0 Å². The summed E-state index contributed by atoms with van der Waals surface area (Å²) in [6.07, 6.45) is -2.89. The summed E-state index contributed by atoms with van der Waals surface area (Å²) in [7, 11) is 0. The number of thiazole rings is 1. The summed E-state index contributed by atoms with van der Waals surface area (Å²) in [5.74, 6) is -0.473. The minimum atomic E-state index is -4.41. The molecule has 3 rings (SSSR count). The lowest BCUT2D eigenvalue weighted by Crippen LogP contribution is -2.15. The van der Waals surface area contributed by atoms with Crippen LogP contribution in [0.5, 0.6) is 0 Å². The first-order valence-corrected chi connectivity index (χ1v) is 9.17. The van der Waals surface area contributed by atoms with E-state index in [9.17, 15) is 28.1 Å². The zero-order valence-electron chi connectivity index (χ0n) is 14.8. The fourth-order valence-corrected chi connectivity index (χ4v) is 3.54. The smallest absolute Gasteiger partial charge is 0.302 e. The van der Waals surface area contributed by atoms with E-state index in [1.54, 1.807) is 12.1 Å². The maximum atomic E-state index is 12.8. The summed E-state index contributed by atoms with van der Waals surface area (Å²) in [6, 6.07) is 10.9. The Morgan fingerprint density at radius 1 is 1.17 bits per heavy atom. The van der Waals surface area contributed by atoms with E-state index in [0.717, 1.165) is 23.5 Å². The Hall–Kier alpha value is -3.27. The summed E-state index contributed by atoms with van der Waals surface area (Å²) < 4.78 is 38.4. The first-order valence-electron chi connectivity index (χ1n) is 8.35. The second kappa shape index (κ2) is 8.39. The third-order valence-electron chi connectivity index (χ3n) is 3.97. The summed E-state index contributed by atoms with van der Waals surface area (Å²) in [5, 5.41) is 13.9. The van der Waals surface area contributed by atoms with Crippen molar-refractivity contribution < 1.29 is 22.9 Å². The standard InChI is InChI=1S/C19H14F3N3O3S/c20-19(21,22)14-6-3-4-12(8-14)9-15-11-23-18(29-15)24-17(26)10-13-5-1-2-7-16(13)25(27)28/h1-8,11H,9-10H2,(H,23,24,26). The van der Waals surface area contributed by atoms with Crippen LogP contribution < -0.4 is 5.32 Å². The lowest BCUT2D eigenvalue weighted by Gasteiger charge is -2.07. The van der Waals surface area contributed by atoms with E-state index in [-0.39, 0.29) is 29.2 Å². The number of nitrogens with one attached hydrogen (secondary N) is 1. The Kier molecular flexibility index (Phi) is 5.92. The van der Waals surface area contributed by atoms with Gasteiger partial charge in [-0.3, -0.25) is 14.9 Å². The van der Waals surface area contributed by atoms with Crippen LogP contribution >= 0.6 is 11.3 Å². The van der Waals surface area contributed by atoms with Crippen molar-refractivity contribution in [2.24, 2.45) is 0 Å². The number of nitrogens with zero attached hydrogens (tertiary/aromatic N) is 2. The van der Waals surface area contributed by atoms with E-state index in [1.807, 2.05) is 0 Å². The zero-order valence-corrected chi connectivity index (χ0v) is 15.6. The van der Waals surface area contributed by atoms with E-state index in [0.29, 0.717) is 10.4 Å². The summed E-state index contributed by atoms with van der Waals surface area (Å²) in [4.78, 5) is 27.4. The SMILES string of the molecule is O=C(Cc1ccccc1[N+](=O)[O-])Nc1ncc(Cc2cccc(C(F)(F)F)c2)s1. The number of carbonyl (C=O) groups is 1. The van der Waals surface area contributed by atoms with E-state index in [1.165, 1.54) is 30.5 Å². The highest BCUT2D eigenvalue weighted by atomic mass is 32.1. The van der Waals surface area contributed by atoms with E-state index >= 15 is 0 Å². The predicted octanol–water partition coefficient (Wildman–Crippen LogP) is 4.84. The second-order valence-electron chi connectivity index (χ2n) is 6.12. The first-order chi connectivity index (χ1) is 13.7. The number of nitro benzene ring substituents is 1. The minimum absolute atomic E-state index is 0.146. The molecule has 0 aliphatic heterocycles. The molecule has 0 bridgehead atoms. The number of halogens is 3. The molecule has 0 atom stereocenters. The number of aromatic nitrogens is 1. The molecule has 29 heavy (non-hydrogen) atoms. The molecule has 0 radical (unpaired) electrons. The molecule has 1 aromatic heterocycles. The lowest BCUT2D eigenvalue weighted by molar-refractivity contribution is -0.385. The second-order valence-corrected chi connectivity index (χ2v) is 7.23. The molecule has 3 aromatic rings. The fraction of sp³-hybridized carbons (Fsp3) is 0.158. The molecule has 1 amide bonds. The summed E-state index contributed by atoms with van der Waals surface area (Å²) in [5.41, 5.74) is -0.124. The fourth-order valence-electron chi connectivity index (χ4n) is 2.68. The van der Waals surface area contributed by atoms with Crippen LogP contribution in [0.2, 0.25) is 0 Å². The zero-order chi connectivity index (χ0) is 21.0. The van der Waals surface area contributed by atoms with Gasteiger partial charge < -0.3 is 5.32 Å². The van der Waals surface area contributed by atoms with Gasteiger partial charge in [0.2, 0.25) is 5.91 Å². The Morgan fingerprint density at radius 3 is 2.66 bits per heavy atom. The molecule has 1 heterocycles. The Bertz CT molecular complexity index is 1050. The van der Waals surface area contributed by atoms with Gasteiger partial charge >= 0.3 is 6.18 Å². The monoisotopic (exact) mass is 421 g/mol. The highest BCUT2D eigenvalue weighted by Crippen LogP contribution is 2.30. The summed E-state index contributed by atoms with van der Waals surface area (Å²) in [6.45, 7) is 0. The molecule has 0 saturated heterocycles. The number of benzene rings is 2. The number of nitro groups is 1. The van der Waals surface area contributed by atoms with Crippen LogP contribution in [0.1, 0.15) is 21.6 Å². The van der Waals surface area contributed by atoms with Crippen molar-refractivity contribution in [2.75, 3.05) is 5.32 Å². The molecule has 0 saturated carbocycles. The van der Waals surface area contributed by atoms with E-state index in [4.69, 9.17) is 0 Å². The van der Waals surface area contributed by atoms with Crippen LogP contribution in [0.15, 0.2) is 54.7 Å². The summed E-state index contributed by atoms with van der Waals surface area (Å²) >= 11 is 1.13. The van der Waals surface area contributed by atoms with Crippen molar-refractivity contribution in [3.8, 4) is 0 Å². The highest BCUT2D eigenvalue weighted by molar-refractivity contribution is 7.15. The number of carbonyl (C=O) groups excluding carboxylic acids is 1. The van der Waals surface area contributed by atoms with Gasteiger partial charge in [0.15, 0.2) is 5.13 Å². The van der Waals surface area contributed by atoms with Gasteiger partial charge in [0.25, 0.3) is 5.69 Å². The van der Waals surface area contributed by atoms with Crippen molar-refractivity contribution in [3.63, 3.8) is 0 Å². The van der Waals surface area contributed by atoms with Crippen molar-refractivity contribution in [1.29, 1.82) is 0 Å². The Labute approximate surface area is 167 Å². The normalized spacial score (nSPS) is 11.3. The molecule has 0 unspecified atom stereocenters. The number of hydrogen-bond donors (Lipinski definition) is 1. The number of amides is 1. The number of hydrogen-bond acceptors (Lipinski definition) is 5. The Morgan fingerprint density at radius 2 is 1.93 bits per heavy atom. The van der Waals surface area contributed by atoms with Gasteiger partial charge in [-0.2, -0.15) is 13.2 Å². The van der Waals surface area contributed by atoms with Crippen molar-refractivity contribution in [3.05, 3.63) is 86.4 Å². The average Bonchev–Trinajstić information content (AvgIpc) is 3.08. The van der Waals surface area contributed by atoms with Crippen LogP contribution in [0.25, 0.3) is 0 Å². The van der Waals surface area contributed by atoms with Crippen LogP contribution in [0.3, 0.4) is 0 Å². The van der Waals surface area contributed by atoms with Crippen molar-refractivity contribution in [1.82, 2.24) is 4.98 Å². The third kappa shape index (κ3) is 5.38. The van der Waals surface area contributed by atoms with Crippen LogP contribution in [-0.4, -0.2) is 15.8 Å². The average molecular weight is 421 g/mol. The molecular weight excluding hydrogens is 407 g/mol. The number of alkyl halides is 3. The van der Waals surface area contributed by atoms with Crippen LogP contribution in [0, 0.1) is 10.1 Å². The minimum Gasteiger partial charge on any atom is -0.302 e. The number of rotatable bonds is 6. The van der Waals surface area contributed by atoms with Crippen LogP contribution in [-0.2, 0) is 23.8 Å². The van der Waals surface area contributed by atoms with E-state index < -0.39 is 22.6 Å². The molecule has 1 N–H and O–H groups in total. The molecule has 0 aliphatic carbocycles. The number of anilines is 1. The predicted molar refractivity (Wildman–Crippen MR) is 102 cm³/mol. The molecular formula is C19H14F3N3O3S. The third-order valence-corrected chi connectivity index (χ3v) is 4.88. The Balaban J connectivity index is 1.65. The van der Waals surface area contributed by atoms with Crippen molar-refractivity contribution >= 4 is 28.1 Å². The topological polar surface area (TPSA) is 85.1 Å². The van der Waals surface area contributed by atoms with Crippen molar-refractivity contribution in [2.45, 2.75) is 19.0 Å². The maximum Gasteiger partial charge on any atom is 0.416 e. The van der Waals surface area contributed by atoms with Gasteiger partial charge in [0.1, 0.15) is 0 Å². The van der Waals surface area contributed by atoms with Gasteiger partial charge in [0.05, 0.1) is 16.9 Å². The lowest BCUT2D eigenvalue weighted by atomic mass is 10.1. The van der Waals surface area contributed by atoms with Gasteiger partial charge in [0, 0.05) is 29.1 Å². The largest absolute Gasteiger partial charge is 0.416 e. The van der Waals surface area contributed by atoms with Gasteiger partial charge in [-0.1, -0.05) is 36.4 Å². The number of para-hydroxylation sites is 1. The highest BCUT2D eigenvalue weighted by Gasteiger charge is 2.30. The first kappa shape index (κ1) is 20.5. The molecule has 0 fully saturated rings. The van der Waals surface area contributed by atoms with E-state index in [2.05, 4.69) is 10.3 Å². The molecule has 0 aliphatic rings. The molecule has 10 heteroatoms. The molecule has 2 aromatic carbocycles. The maximum absolute atomic E-state index is 12.8. The molecule has 150 valence electrons. The molecule has 6 nitrogen and oxygen atoms in total. The quantitative estimate of drug-likeness (QED) is 0.456. The van der Waals surface area contributed by atoms with Gasteiger partial charge in [-0.05, 0) is 11.6 Å².